The molecule has 1 saturated carbocycles. The van der Waals surface area contributed by atoms with Crippen LogP contribution in [0.15, 0.2) is 16.9 Å². The third-order valence-corrected chi connectivity index (χ3v) is 6.07. The Kier molecular flexibility index (Phi) is 6.62. The van der Waals surface area contributed by atoms with Gasteiger partial charge < -0.3 is 14.5 Å². The fraction of sp³-hybridized carbons (Fsp3) is 0.667. The fourth-order valence-corrected chi connectivity index (χ4v) is 4.11. The van der Waals surface area contributed by atoms with Crippen molar-refractivity contribution in [3.8, 4) is 0 Å². The zero-order chi connectivity index (χ0) is 21.1. The van der Waals surface area contributed by atoms with Crippen molar-refractivity contribution in [3.05, 3.63) is 22.6 Å². The van der Waals surface area contributed by atoms with Crippen molar-refractivity contribution in [1.82, 2.24) is 19.0 Å². The van der Waals surface area contributed by atoms with E-state index in [0.717, 1.165) is 55.8 Å². The van der Waals surface area contributed by atoms with E-state index in [0.29, 0.717) is 12.5 Å². The normalized spacial score (nSPS) is 19.7. The maximum absolute atomic E-state index is 12.9. The average molecular weight is 404 g/mol. The highest BCUT2D eigenvalue weighted by Crippen LogP contribution is 2.31. The molecule has 29 heavy (non-hydrogen) atoms. The molecular weight excluding hydrogens is 370 g/mol. The van der Waals surface area contributed by atoms with E-state index >= 15 is 0 Å². The Morgan fingerprint density at radius 1 is 1.17 bits per heavy atom. The van der Waals surface area contributed by atoms with Crippen LogP contribution in [0.1, 0.15) is 25.7 Å². The molecule has 0 spiro atoms. The number of methoxy groups -OCH3 is 1. The standard InChI is InChI=1S/C21H33N5O3/c1-23(2)12-13-24(3)18-11-10-17-19(22-18)26(21(28)25(17)4)14-15-6-8-16(9-7-15)20(27)29-5/h10-11,15-16H,6-9,12-14H2,1-5H3. The van der Waals surface area contributed by atoms with E-state index in [4.69, 9.17) is 9.72 Å². The van der Waals surface area contributed by atoms with Gasteiger partial charge in [-0.1, -0.05) is 0 Å². The third-order valence-electron chi connectivity index (χ3n) is 6.07. The van der Waals surface area contributed by atoms with Gasteiger partial charge in [0, 0.05) is 33.7 Å². The first-order valence-electron chi connectivity index (χ1n) is 10.3. The van der Waals surface area contributed by atoms with Crippen LogP contribution in [-0.4, -0.2) is 66.3 Å². The molecule has 0 bridgehead atoms. The highest BCUT2D eigenvalue weighted by molar-refractivity contribution is 5.74. The number of nitrogens with zero attached hydrogens (tertiary/aromatic N) is 5. The molecule has 3 rings (SSSR count). The first-order chi connectivity index (χ1) is 13.8. The summed E-state index contributed by atoms with van der Waals surface area (Å²) < 4.78 is 8.36. The number of anilines is 1. The zero-order valence-corrected chi connectivity index (χ0v) is 18.2. The van der Waals surface area contributed by atoms with Crippen LogP contribution in [0.3, 0.4) is 0 Å². The lowest BCUT2D eigenvalue weighted by molar-refractivity contribution is -0.146. The highest BCUT2D eigenvalue weighted by atomic mass is 16.5. The maximum atomic E-state index is 12.9. The number of hydrogen-bond donors (Lipinski definition) is 0. The third kappa shape index (κ3) is 4.63. The van der Waals surface area contributed by atoms with E-state index in [1.165, 1.54) is 7.11 Å². The van der Waals surface area contributed by atoms with Crippen molar-refractivity contribution < 1.29 is 9.53 Å². The maximum Gasteiger partial charge on any atom is 0.330 e. The SMILES string of the molecule is COC(=O)C1CCC(Cn2c(=O)n(C)c3ccc(N(C)CCN(C)C)nc32)CC1. The number of likely N-dealkylation sites (N-methyl/N-ethyl adjacent to an activating group) is 2. The van der Waals surface area contributed by atoms with Gasteiger partial charge >= 0.3 is 11.7 Å². The molecule has 160 valence electrons. The van der Waals surface area contributed by atoms with Crippen LogP contribution in [-0.2, 0) is 23.1 Å². The lowest BCUT2D eigenvalue weighted by Gasteiger charge is -2.27. The molecule has 1 aliphatic rings. The Balaban J connectivity index is 1.80. The van der Waals surface area contributed by atoms with Gasteiger partial charge in [0.1, 0.15) is 5.82 Å². The summed E-state index contributed by atoms with van der Waals surface area (Å²) in [4.78, 5) is 33.7. The van der Waals surface area contributed by atoms with Gasteiger partial charge in [-0.25, -0.2) is 9.78 Å². The van der Waals surface area contributed by atoms with Crippen molar-refractivity contribution in [3.63, 3.8) is 0 Å². The number of aromatic nitrogens is 3. The first-order valence-corrected chi connectivity index (χ1v) is 10.3. The van der Waals surface area contributed by atoms with Gasteiger partial charge in [0.2, 0.25) is 0 Å². The van der Waals surface area contributed by atoms with E-state index in [1.54, 1.807) is 11.6 Å². The van der Waals surface area contributed by atoms with E-state index in [9.17, 15) is 9.59 Å². The predicted octanol–water partition coefficient (Wildman–Crippen LogP) is 1.71. The molecule has 0 amide bonds. The van der Waals surface area contributed by atoms with Crippen LogP contribution in [0.25, 0.3) is 11.2 Å². The summed E-state index contributed by atoms with van der Waals surface area (Å²) >= 11 is 0. The summed E-state index contributed by atoms with van der Waals surface area (Å²) in [5, 5.41) is 0. The molecule has 0 unspecified atom stereocenters. The second-order valence-electron chi connectivity index (χ2n) is 8.43. The molecule has 1 fully saturated rings. The van der Waals surface area contributed by atoms with Crippen LogP contribution in [0.5, 0.6) is 0 Å². The zero-order valence-electron chi connectivity index (χ0n) is 18.2. The molecule has 2 heterocycles. The molecule has 0 saturated heterocycles. The summed E-state index contributed by atoms with van der Waals surface area (Å²) in [5.41, 5.74) is 1.56. The number of carbonyl (C=O) groups is 1. The number of hydrogen-bond acceptors (Lipinski definition) is 6. The minimum Gasteiger partial charge on any atom is -0.469 e. The van der Waals surface area contributed by atoms with Crippen molar-refractivity contribution in [2.24, 2.45) is 18.9 Å². The van der Waals surface area contributed by atoms with E-state index in [1.807, 2.05) is 37.8 Å². The van der Waals surface area contributed by atoms with E-state index in [2.05, 4.69) is 9.80 Å². The van der Waals surface area contributed by atoms with Gasteiger partial charge in [-0.15, -0.1) is 0 Å². The molecule has 8 heteroatoms. The van der Waals surface area contributed by atoms with Crippen molar-refractivity contribution >= 4 is 23.0 Å². The number of esters is 1. The summed E-state index contributed by atoms with van der Waals surface area (Å²) in [6.45, 7) is 2.43. The summed E-state index contributed by atoms with van der Waals surface area (Å²) in [7, 11) is 9.37. The lowest BCUT2D eigenvalue weighted by Crippen LogP contribution is -2.30. The second-order valence-corrected chi connectivity index (χ2v) is 8.43. The van der Waals surface area contributed by atoms with Crippen LogP contribution in [0.2, 0.25) is 0 Å². The van der Waals surface area contributed by atoms with Gasteiger partial charge in [0.05, 0.1) is 18.5 Å². The van der Waals surface area contributed by atoms with Crippen LogP contribution >= 0.6 is 0 Å². The van der Waals surface area contributed by atoms with Gasteiger partial charge in [-0.05, 0) is 57.8 Å². The van der Waals surface area contributed by atoms with Gasteiger partial charge in [-0.2, -0.15) is 0 Å². The number of imidazole rings is 1. The molecule has 0 N–H and O–H groups in total. The molecule has 0 aliphatic heterocycles. The monoisotopic (exact) mass is 403 g/mol. The summed E-state index contributed by atoms with van der Waals surface area (Å²) in [5.74, 6) is 1.12. The number of fused-ring (bicyclic) bond motifs is 1. The quantitative estimate of drug-likeness (QED) is 0.656. The average Bonchev–Trinajstić information content (AvgIpc) is 2.96. The fourth-order valence-electron chi connectivity index (χ4n) is 4.11. The molecule has 1 aliphatic carbocycles. The minimum atomic E-state index is -0.113. The Morgan fingerprint density at radius 3 is 2.48 bits per heavy atom. The number of ether oxygens (including phenoxy) is 1. The number of pyridine rings is 1. The molecule has 0 radical (unpaired) electrons. The topological polar surface area (TPSA) is 72.6 Å². The van der Waals surface area contributed by atoms with Gasteiger partial charge in [0.25, 0.3) is 0 Å². The molecule has 2 aromatic rings. The summed E-state index contributed by atoms with van der Waals surface area (Å²) in [6, 6.07) is 3.96. The molecule has 8 nitrogen and oxygen atoms in total. The molecule has 0 atom stereocenters. The van der Waals surface area contributed by atoms with E-state index in [-0.39, 0.29) is 17.6 Å². The van der Waals surface area contributed by atoms with Crippen molar-refractivity contribution in [1.29, 1.82) is 0 Å². The number of rotatable bonds is 7. The van der Waals surface area contributed by atoms with Crippen molar-refractivity contribution in [2.75, 3.05) is 46.2 Å². The number of carbonyl (C=O) groups excluding carboxylic acids is 1. The smallest absolute Gasteiger partial charge is 0.330 e. The highest BCUT2D eigenvalue weighted by Gasteiger charge is 2.28. The Bertz CT molecular complexity index is 909. The molecule has 2 aromatic heterocycles. The van der Waals surface area contributed by atoms with Gasteiger partial charge in [-0.3, -0.25) is 13.9 Å². The molecule has 0 aromatic carbocycles. The van der Waals surface area contributed by atoms with E-state index < -0.39 is 0 Å². The predicted molar refractivity (Wildman–Crippen MR) is 114 cm³/mol. The second kappa shape index (κ2) is 8.98. The first kappa shape index (κ1) is 21.4. The number of aryl methyl sites for hydroxylation is 1. The summed E-state index contributed by atoms with van der Waals surface area (Å²) in [6.07, 6.45) is 3.49. The minimum absolute atomic E-state index is 0.00411. The Hall–Kier alpha value is -2.35. The lowest BCUT2D eigenvalue weighted by atomic mass is 9.82. The molecular formula is C21H33N5O3. The largest absolute Gasteiger partial charge is 0.469 e. The Morgan fingerprint density at radius 2 is 1.86 bits per heavy atom. The van der Waals surface area contributed by atoms with Gasteiger partial charge in [0.15, 0.2) is 5.65 Å². The van der Waals surface area contributed by atoms with Crippen LogP contribution in [0, 0.1) is 11.8 Å². The van der Waals surface area contributed by atoms with Crippen LogP contribution < -0.4 is 10.6 Å². The van der Waals surface area contributed by atoms with Crippen molar-refractivity contribution in [2.45, 2.75) is 32.2 Å². The Labute approximate surface area is 172 Å². The van der Waals surface area contributed by atoms with Crippen LogP contribution in [0.4, 0.5) is 5.82 Å².